The van der Waals surface area contributed by atoms with Crippen LogP contribution in [0, 0.1) is 0 Å². The van der Waals surface area contributed by atoms with Crippen LogP contribution >= 0.6 is 0 Å². The molecule has 3 nitrogen and oxygen atoms in total. The van der Waals surface area contributed by atoms with Crippen molar-refractivity contribution < 1.29 is 18.3 Å². The quantitative estimate of drug-likeness (QED) is 0.824. The lowest BCUT2D eigenvalue weighted by Crippen LogP contribution is -2.29. The largest absolute Gasteiger partial charge is 0.433 e. The summed E-state index contributed by atoms with van der Waals surface area (Å²) in [6.07, 6.45) is -2.74. The van der Waals surface area contributed by atoms with Crippen molar-refractivity contribution in [1.82, 2.24) is 4.98 Å². The van der Waals surface area contributed by atoms with Crippen LogP contribution in [0.3, 0.4) is 0 Å². The minimum Gasteiger partial charge on any atom is -0.388 e. The van der Waals surface area contributed by atoms with Gasteiger partial charge in [0.05, 0.1) is 5.60 Å². The normalized spacial score (nSPS) is 25.4. The maximum Gasteiger partial charge on any atom is 0.433 e. The summed E-state index contributed by atoms with van der Waals surface area (Å²) in [6.45, 7) is 2.57. The second-order valence-electron chi connectivity index (χ2n) is 4.57. The van der Waals surface area contributed by atoms with Crippen molar-refractivity contribution in [3.05, 3.63) is 24.0 Å². The zero-order valence-corrected chi connectivity index (χ0v) is 9.33. The van der Waals surface area contributed by atoms with Gasteiger partial charge in [0, 0.05) is 25.0 Å². The highest BCUT2D eigenvalue weighted by Gasteiger charge is 2.35. The van der Waals surface area contributed by atoms with E-state index in [2.05, 4.69) is 4.98 Å². The highest BCUT2D eigenvalue weighted by molar-refractivity contribution is 5.48. The molecule has 0 bridgehead atoms. The molecule has 0 aromatic carbocycles. The van der Waals surface area contributed by atoms with E-state index in [0.717, 1.165) is 12.3 Å². The van der Waals surface area contributed by atoms with E-state index in [1.165, 1.54) is 6.07 Å². The molecule has 0 radical (unpaired) electrons. The number of rotatable bonds is 1. The fourth-order valence-electron chi connectivity index (χ4n) is 1.94. The van der Waals surface area contributed by atoms with Crippen molar-refractivity contribution in [1.29, 1.82) is 0 Å². The minimum absolute atomic E-state index is 0.342. The van der Waals surface area contributed by atoms with E-state index in [9.17, 15) is 18.3 Å². The highest BCUT2D eigenvalue weighted by atomic mass is 19.4. The Balaban J connectivity index is 2.23. The highest BCUT2D eigenvalue weighted by Crippen LogP contribution is 2.32. The van der Waals surface area contributed by atoms with Crippen molar-refractivity contribution in [2.45, 2.75) is 25.1 Å². The van der Waals surface area contributed by atoms with E-state index in [1.54, 1.807) is 11.8 Å². The second-order valence-corrected chi connectivity index (χ2v) is 4.57. The monoisotopic (exact) mass is 246 g/mol. The predicted octanol–water partition coefficient (Wildman–Crippen LogP) is 2.06. The lowest BCUT2D eigenvalue weighted by molar-refractivity contribution is -0.141. The third kappa shape index (κ3) is 2.69. The molecule has 1 N–H and O–H groups in total. The first kappa shape index (κ1) is 12.2. The smallest absolute Gasteiger partial charge is 0.388 e. The summed E-state index contributed by atoms with van der Waals surface area (Å²) in [7, 11) is 0. The zero-order chi connectivity index (χ0) is 12.7. The van der Waals surface area contributed by atoms with Crippen LogP contribution in [-0.2, 0) is 6.18 Å². The van der Waals surface area contributed by atoms with Crippen molar-refractivity contribution in [2.75, 3.05) is 18.0 Å². The number of anilines is 1. The molecule has 2 rings (SSSR count). The molecule has 1 fully saturated rings. The number of β-amino-alcohol motifs (C(OH)–C–C–N with tert-alkyl or cyclic N) is 1. The molecule has 1 saturated heterocycles. The molecule has 0 aliphatic carbocycles. The molecule has 1 aliphatic heterocycles. The van der Waals surface area contributed by atoms with E-state index in [1.807, 2.05) is 0 Å². The van der Waals surface area contributed by atoms with Gasteiger partial charge in [-0.25, -0.2) is 0 Å². The number of halogens is 3. The molecule has 94 valence electrons. The number of aromatic nitrogens is 1. The van der Waals surface area contributed by atoms with Gasteiger partial charge >= 0.3 is 6.18 Å². The summed E-state index contributed by atoms with van der Waals surface area (Å²) < 4.78 is 37.4. The van der Waals surface area contributed by atoms with Crippen LogP contribution in [0.2, 0.25) is 0 Å². The number of hydrogen-bond donors (Lipinski definition) is 1. The van der Waals surface area contributed by atoms with Gasteiger partial charge < -0.3 is 10.0 Å². The van der Waals surface area contributed by atoms with E-state index in [4.69, 9.17) is 0 Å². The Kier molecular flexibility index (Phi) is 2.77. The van der Waals surface area contributed by atoms with Crippen LogP contribution in [-0.4, -0.2) is 28.8 Å². The number of aliphatic hydroxyl groups is 1. The number of pyridine rings is 1. The fraction of sp³-hybridized carbons (Fsp3) is 0.545. The third-order valence-electron chi connectivity index (χ3n) is 2.85. The van der Waals surface area contributed by atoms with Crippen molar-refractivity contribution in [3.8, 4) is 0 Å². The Bertz CT molecular complexity index is 417. The first-order valence-corrected chi connectivity index (χ1v) is 5.28. The standard InChI is InChI=1S/C11H13F3N2O/c1-10(17)3-5-16(7-10)8-2-4-15-9(6-8)11(12,13)14/h2,4,6,17H,3,5,7H2,1H3. The molecule has 1 unspecified atom stereocenters. The minimum atomic E-state index is -4.43. The van der Waals surface area contributed by atoms with Crippen LogP contribution in [0.25, 0.3) is 0 Å². The Morgan fingerprint density at radius 1 is 1.47 bits per heavy atom. The lowest BCUT2D eigenvalue weighted by atomic mass is 10.1. The second kappa shape index (κ2) is 3.87. The van der Waals surface area contributed by atoms with Gasteiger partial charge in [-0.15, -0.1) is 0 Å². The maximum absolute atomic E-state index is 12.5. The van der Waals surface area contributed by atoms with Gasteiger partial charge in [0.15, 0.2) is 0 Å². The summed E-state index contributed by atoms with van der Waals surface area (Å²) in [6, 6.07) is 2.54. The maximum atomic E-state index is 12.5. The molecule has 1 aromatic rings. The molecule has 0 spiro atoms. The molecule has 0 saturated carbocycles. The molecule has 1 aromatic heterocycles. The van der Waals surface area contributed by atoms with Gasteiger partial charge in [-0.3, -0.25) is 4.98 Å². The molecule has 6 heteroatoms. The SMILES string of the molecule is CC1(O)CCN(c2ccnc(C(F)(F)F)c2)C1. The van der Waals surface area contributed by atoms with Crippen LogP contribution in [0.1, 0.15) is 19.0 Å². The van der Waals surface area contributed by atoms with E-state index in [0.29, 0.717) is 25.2 Å². The van der Waals surface area contributed by atoms with Crippen molar-refractivity contribution >= 4 is 5.69 Å². The van der Waals surface area contributed by atoms with Crippen LogP contribution < -0.4 is 4.90 Å². The first-order valence-electron chi connectivity index (χ1n) is 5.28. The average Bonchev–Trinajstić information content (AvgIpc) is 2.58. The van der Waals surface area contributed by atoms with Crippen LogP contribution in [0.5, 0.6) is 0 Å². The summed E-state index contributed by atoms with van der Waals surface area (Å²) in [4.78, 5) is 5.04. The zero-order valence-electron chi connectivity index (χ0n) is 9.33. The molecular weight excluding hydrogens is 233 g/mol. The summed E-state index contributed by atoms with van der Waals surface area (Å²) >= 11 is 0. The van der Waals surface area contributed by atoms with Gasteiger partial charge in [-0.2, -0.15) is 13.2 Å². The molecule has 0 amide bonds. The Hall–Kier alpha value is -1.30. The average molecular weight is 246 g/mol. The molecule has 1 aliphatic rings. The Labute approximate surface area is 96.9 Å². The fourth-order valence-corrected chi connectivity index (χ4v) is 1.94. The van der Waals surface area contributed by atoms with Crippen LogP contribution in [0.15, 0.2) is 18.3 Å². The summed E-state index contributed by atoms with van der Waals surface area (Å²) in [5.41, 5.74) is -1.28. The van der Waals surface area contributed by atoms with Crippen molar-refractivity contribution in [3.63, 3.8) is 0 Å². The topological polar surface area (TPSA) is 36.4 Å². The first-order chi connectivity index (χ1) is 7.78. The van der Waals surface area contributed by atoms with E-state index in [-0.39, 0.29) is 0 Å². The van der Waals surface area contributed by atoms with Crippen molar-refractivity contribution in [2.24, 2.45) is 0 Å². The van der Waals surface area contributed by atoms with Gasteiger partial charge in [0.25, 0.3) is 0 Å². The van der Waals surface area contributed by atoms with E-state index < -0.39 is 17.5 Å². The molecule has 1 atom stereocenters. The van der Waals surface area contributed by atoms with Gasteiger partial charge in [0.1, 0.15) is 5.69 Å². The Morgan fingerprint density at radius 2 is 2.18 bits per heavy atom. The third-order valence-corrected chi connectivity index (χ3v) is 2.85. The number of hydrogen-bond acceptors (Lipinski definition) is 3. The Morgan fingerprint density at radius 3 is 2.71 bits per heavy atom. The predicted molar refractivity (Wildman–Crippen MR) is 56.7 cm³/mol. The van der Waals surface area contributed by atoms with Crippen LogP contribution in [0.4, 0.5) is 18.9 Å². The summed E-state index contributed by atoms with van der Waals surface area (Å²) in [5.74, 6) is 0. The molecular formula is C11H13F3N2O. The van der Waals surface area contributed by atoms with Gasteiger partial charge in [-0.1, -0.05) is 0 Å². The van der Waals surface area contributed by atoms with E-state index >= 15 is 0 Å². The van der Waals surface area contributed by atoms with Gasteiger partial charge in [0.2, 0.25) is 0 Å². The summed E-state index contributed by atoms with van der Waals surface area (Å²) in [5, 5.41) is 9.78. The lowest BCUT2D eigenvalue weighted by Gasteiger charge is -2.21. The number of alkyl halides is 3. The van der Waals surface area contributed by atoms with Gasteiger partial charge in [-0.05, 0) is 25.5 Å². The molecule has 2 heterocycles. The molecule has 17 heavy (non-hydrogen) atoms. The number of nitrogens with zero attached hydrogens (tertiary/aromatic N) is 2.